The van der Waals surface area contributed by atoms with Crippen molar-refractivity contribution in [1.82, 2.24) is 5.32 Å². The summed E-state index contributed by atoms with van der Waals surface area (Å²) in [6.45, 7) is 5.54. The van der Waals surface area contributed by atoms with Crippen molar-refractivity contribution in [3.63, 3.8) is 0 Å². The van der Waals surface area contributed by atoms with E-state index in [1.54, 1.807) is 6.92 Å². The van der Waals surface area contributed by atoms with Crippen molar-refractivity contribution in [2.45, 2.75) is 58.0 Å². The van der Waals surface area contributed by atoms with E-state index in [0.29, 0.717) is 5.56 Å². The zero-order chi connectivity index (χ0) is 24.9. The van der Waals surface area contributed by atoms with Crippen LogP contribution < -0.4 is 5.32 Å². The maximum Gasteiger partial charge on any atom is 0.312 e. The van der Waals surface area contributed by atoms with E-state index >= 15 is 0 Å². The minimum absolute atomic E-state index is 0.0185. The standard InChI is InChI=1S/C28H32N2O4/c1-19-12-14-23(15-13-19)24-27(25(31)32,16-7-11-22-9-5-4-6-10-22)20(2)30-21(3)28(24,26(33)34)17-8-18-29/h4-7,9-15,20-21,24,30H,8,16-17H2,1-3H3,(H,31,32)(H,33,34). The molecule has 0 aliphatic carbocycles. The number of piperidine rings is 1. The van der Waals surface area contributed by atoms with Crippen molar-refractivity contribution in [3.05, 3.63) is 77.4 Å². The van der Waals surface area contributed by atoms with Gasteiger partial charge in [-0.05, 0) is 44.7 Å². The molecule has 2 aromatic carbocycles. The summed E-state index contributed by atoms with van der Waals surface area (Å²) in [5, 5.41) is 34.0. The number of aryl methyl sites for hydroxylation is 1. The van der Waals surface area contributed by atoms with E-state index in [-0.39, 0.29) is 19.3 Å². The first-order valence-electron chi connectivity index (χ1n) is 11.6. The maximum atomic E-state index is 13.1. The molecule has 1 saturated heterocycles. The fourth-order valence-electron chi connectivity index (χ4n) is 5.67. The molecule has 3 N–H and O–H groups in total. The zero-order valence-electron chi connectivity index (χ0n) is 19.9. The van der Waals surface area contributed by atoms with Crippen LogP contribution in [0.2, 0.25) is 0 Å². The van der Waals surface area contributed by atoms with Crippen LogP contribution in [0.5, 0.6) is 0 Å². The summed E-state index contributed by atoms with van der Waals surface area (Å²) in [6.07, 6.45) is 3.91. The molecule has 6 nitrogen and oxygen atoms in total. The largest absolute Gasteiger partial charge is 0.481 e. The highest BCUT2D eigenvalue weighted by molar-refractivity contribution is 5.84. The van der Waals surface area contributed by atoms with Gasteiger partial charge in [-0.3, -0.25) is 9.59 Å². The van der Waals surface area contributed by atoms with Crippen molar-refractivity contribution in [2.24, 2.45) is 10.8 Å². The summed E-state index contributed by atoms with van der Waals surface area (Å²) in [4.78, 5) is 26.1. The lowest BCUT2D eigenvalue weighted by molar-refractivity contribution is -0.172. The number of aliphatic carboxylic acids is 2. The maximum absolute atomic E-state index is 13.1. The Balaban J connectivity index is 2.25. The lowest BCUT2D eigenvalue weighted by atomic mass is 9.49. The lowest BCUT2D eigenvalue weighted by Gasteiger charge is -2.57. The second-order valence-corrected chi connectivity index (χ2v) is 9.32. The molecule has 0 aromatic heterocycles. The lowest BCUT2D eigenvalue weighted by Crippen LogP contribution is -2.69. The number of benzene rings is 2. The highest BCUT2D eigenvalue weighted by atomic mass is 16.4. The van der Waals surface area contributed by atoms with Crippen LogP contribution in [0.3, 0.4) is 0 Å². The van der Waals surface area contributed by atoms with Gasteiger partial charge in [0.05, 0.1) is 16.9 Å². The second kappa shape index (κ2) is 10.2. The SMILES string of the molecule is Cc1ccc(C2C(CC=Cc3ccccc3)(C(=O)O)C(C)NC(C)C2(CCC#N)C(=O)O)cc1. The molecule has 1 heterocycles. The number of nitriles is 1. The minimum atomic E-state index is -1.48. The van der Waals surface area contributed by atoms with Gasteiger partial charge in [-0.15, -0.1) is 0 Å². The van der Waals surface area contributed by atoms with E-state index in [0.717, 1.165) is 11.1 Å². The van der Waals surface area contributed by atoms with Gasteiger partial charge >= 0.3 is 11.9 Å². The van der Waals surface area contributed by atoms with Gasteiger partial charge in [0, 0.05) is 24.4 Å². The van der Waals surface area contributed by atoms with Crippen LogP contribution in [0.4, 0.5) is 0 Å². The molecular weight excluding hydrogens is 428 g/mol. The molecular formula is C28H32N2O4. The van der Waals surface area contributed by atoms with Crippen molar-refractivity contribution in [3.8, 4) is 6.07 Å². The Morgan fingerprint density at radius 1 is 1.00 bits per heavy atom. The van der Waals surface area contributed by atoms with Crippen molar-refractivity contribution >= 4 is 18.0 Å². The van der Waals surface area contributed by atoms with Crippen molar-refractivity contribution in [2.75, 3.05) is 0 Å². The highest BCUT2D eigenvalue weighted by Crippen LogP contribution is 2.59. The summed E-state index contributed by atoms with van der Waals surface area (Å²) in [5.41, 5.74) is -0.311. The Hall–Kier alpha value is -3.43. The number of nitrogens with one attached hydrogen (secondary N) is 1. The van der Waals surface area contributed by atoms with E-state index in [1.165, 1.54) is 0 Å². The summed E-state index contributed by atoms with van der Waals surface area (Å²) in [6, 6.07) is 18.1. The molecule has 0 bridgehead atoms. The fraction of sp³-hybridized carbons (Fsp3) is 0.393. The van der Waals surface area contributed by atoms with Gasteiger partial charge < -0.3 is 15.5 Å². The van der Waals surface area contributed by atoms with E-state index in [2.05, 4.69) is 11.4 Å². The van der Waals surface area contributed by atoms with Crippen LogP contribution in [0.1, 0.15) is 55.7 Å². The molecule has 5 atom stereocenters. The van der Waals surface area contributed by atoms with Gasteiger partial charge in [0.1, 0.15) is 0 Å². The first-order valence-corrected chi connectivity index (χ1v) is 11.6. The number of rotatable bonds is 8. The number of allylic oxidation sites excluding steroid dienone is 1. The Kier molecular flexibility index (Phi) is 7.58. The van der Waals surface area contributed by atoms with Crippen LogP contribution in [0, 0.1) is 29.1 Å². The van der Waals surface area contributed by atoms with Crippen molar-refractivity contribution in [1.29, 1.82) is 5.26 Å². The predicted octanol–water partition coefficient (Wildman–Crippen LogP) is 5.01. The van der Waals surface area contributed by atoms with Gasteiger partial charge in [0.2, 0.25) is 0 Å². The van der Waals surface area contributed by atoms with Crippen LogP contribution in [-0.2, 0) is 9.59 Å². The molecule has 6 heteroatoms. The number of hydrogen-bond acceptors (Lipinski definition) is 4. The first kappa shape index (κ1) is 25.2. The topological polar surface area (TPSA) is 110 Å². The quantitative estimate of drug-likeness (QED) is 0.511. The number of hydrogen-bond donors (Lipinski definition) is 3. The molecule has 178 valence electrons. The Bertz CT molecular complexity index is 1090. The molecule has 1 fully saturated rings. The first-order chi connectivity index (χ1) is 16.2. The summed E-state index contributed by atoms with van der Waals surface area (Å²) < 4.78 is 0. The fourth-order valence-corrected chi connectivity index (χ4v) is 5.67. The van der Waals surface area contributed by atoms with Crippen LogP contribution in [0.15, 0.2) is 60.7 Å². The number of carboxylic acid groups (broad SMARTS) is 2. The highest BCUT2D eigenvalue weighted by Gasteiger charge is 2.66. The van der Waals surface area contributed by atoms with E-state index in [1.807, 2.05) is 80.6 Å². The number of carboxylic acids is 2. The Labute approximate surface area is 200 Å². The van der Waals surface area contributed by atoms with Crippen LogP contribution in [-0.4, -0.2) is 34.2 Å². The number of nitrogens with zero attached hydrogens (tertiary/aromatic N) is 1. The molecule has 0 amide bonds. The van der Waals surface area contributed by atoms with E-state index in [9.17, 15) is 25.1 Å². The molecule has 1 aliphatic rings. The van der Waals surface area contributed by atoms with E-state index < -0.39 is 40.8 Å². The van der Waals surface area contributed by atoms with Gasteiger partial charge in [0.25, 0.3) is 0 Å². The van der Waals surface area contributed by atoms with Gasteiger partial charge in [-0.25, -0.2) is 0 Å². The molecule has 2 aromatic rings. The third-order valence-corrected chi connectivity index (χ3v) is 7.50. The average Bonchev–Trinajstić information content (AvgIpc) is 2.80. The van der Waals surface area contributed by atoms with E-state index in [4.69, 9.17) is 0 Å². The normalized spacial score (nSPS) is 28.9. The molecule has 1 aliphatic heterocycles. The third-order valence-electron chi connectivity index (χ3n) is 7.50. The zero-order valence-corrected chi connectivity index (χ0v) is 19.9. The molecule has 34 heavy (non-hydrogen) atoms. The summed E-state index contributed by atoms with van der Waals surface area (Å²) in [7, 11) is 0. The van der Waals surface area contributed by atoms with Gasteiger partial charge in [-0.1, -0.05) is 72.3 Å². The monoisotopic (exact) mass is 460 g/mol. The smallest absolute Gasteiger partial charge is 0.312 e. The number of carbonyl (C=O) groups is 2. The average molecular weight is 461 g/mol. The molecule has 0 spiro atoms. The van der Waals surface area contributed by atoms with Crippen LogP contribution in [0.25, 0.3) is 6.08 Å². The second-order valence-electron chi connectivity index (χ2n) is 9.32. The molecule has 0 saturated carbocycles. The summed E-state index contributed by atoms with van der Waals surface area (Å²) in [5.74, 6) is -2.99. The molecule has 5 unspecified atom stereocenters. The predicted molar refractivity (Wildman–Crippen MR) is 131 cm³/mol. The minimum Gasteiger partial charge on any atom is -0.481 e. The van der Waals surface area contributed by atoms with Crippen molar-refractivity contribution < 1.29 is 19.8 Å². The third kappa shape index (κ3) is 4.36. The van der Waals surface area contributed by atoms with Crippen LogP contribution >= 0.6 is 0 Å². The molecule has 3 rings (SSSR count). The van der Waals surface area contributed by atoms with Gasteiger partial charge in [-0.2, -0.15) is 5.26 Å². The summed E-state index contributed by atoms with van der Waals surface area (Å²) >= 11 is 0. The Morgan fingerprint density at radius 2 is 1.59 bits per heavy atom. The Morgan fingerprint density at radius 3 is 2.15 bits per heavy atom. The van der Waals surface area contributed by atoms with Gasteiger partial charge in [0.15, 0.2) is 0 Å². The molecule has 0 radical (unpaired) electrons.